The minimum Gasteiger partial charge on any atom is -0.369 e. The number of thiazole rings is 1. The predicted octanol–water partition coefficient (Wildman–Crippen LogP) is 3.94. The van der Waals surface area contributed by atoms with Crippen molar-refractivity contribution >= 4 is 39.1 Å². The van der Waals surface area contributed by atoms with Crippen LogP contribution in [0.3, 0.4) is 0 Å². The lowest BCUT2D eigenvalue weighted by molar-refractivity contribution is 0.581. The topological polar surface area (TPSA) is 67.4 Å². The summed E-state index contributed by atoms with van der Waals surface area (Å²) < 4.78 is 0. The third-order valence-electron chi connectivity index (χ3n) is 3.10. The second-order valence-electron chi connectivity index (χ2n) is 6.15. The Morgan fingerprint density at radius 3 is 2.65 bits per heavy atom. The van der Waals surface area contributed by atoms with Crippen LogP contribution in [0.5, 0.6) is 0 Å². The van der Waals surface area contributed by atoms with E-state index in [1.54, 1.807) is 11.1 Å². The van der Waals surface area contributed by atoms with Crippen LogP contribution in [0.4, 0.5) is 10.9 Å². The third kappa shape index (κ3) is 3.48. The van der Waals surface area contributed by atoms with E-state index >= 15 is 0 Å². The molecular weight excluding hydrogens is 306 g/mol. The highest BCUT2D eigenvalue weighted by atomic mass is 32.1. The zero-order valence-corrected chi connectivity index (χ0v) is 14.2. The van der Waals surface area contributed by atoms with Crippen LogP contribution in [0.2, 0.25) is 0 Å². The van der Waals surface area contributed by atoms with E-state index in [1.165, 1.54) is 11.3 Å². The summed E-state index contributed by atoms with van der Waals surface area (Å²) >= 11 is 1.50. The number of aliphatic imine (C=N–C) groups is 1. The maximum Gasteiger partial charge on any atom is 0.204 e. The predicted molar refractivity (Wildman–Crippen MR) is 97.4 cm³/mol. The summed E-state index contributed by atoms with van der Waals surface area (Å²) in [5.41, 5.74) is 6.90. The van der Waals surface area contributed by atoms with Gasteiger partial charge in [0.05, 0.1) is 11.1 Å². The van der Waals surface area contributed by atoms with Gasteiger partial charge in [-0.3, -0.25) is 0 Å². The van der Waals surface area contributed by atoms with E-state index in [0.717, 1.165) is 16.0 Å². The fraction of sp³-hybridized carbons (Fsp3) is 0.235. The first kappa shape index (κ1) is 15.4. The van der Waals surface area contributed by atoms with E-state index in [9.17, 15) is 0 Å². The van der Waals surface area contributed by atoms with E-state index in [2.05, 4.69) is 9.98 Å². The number of para-hydroxylation sites is 1. The minimum atomic E-state index is -0.281. The Labute approximate surface area is 139 Å². The molecule has 0 spiro atoms. The molecule has 1 aromatic carbocycles. The van der Waals surface area contributed by atoms with Gasteiger partial charge in [0.15, 0.2) is 5.13 Å². The smallest absolute Gasteiger partial charge is 0.204 e. The minimum absolute atomic E-state index is 0.281. The van der Waals surface area contributed by atoms with Crippen molar-refractivity contribution in [1.82, 2.24) is 9.97 Å². The molecule has 0 saturated heterocycles. The lowest BCUT2D eigenvalue weighted by Crippen LogP contribution is -2.36. The summed E-state index contributed by atoms with van der Waals surface area (Å²) in [7, 11) is 0. The number of nitrogens with zero attached hydrogens (tertiary/aromatic N) is 4. The Morgan fingerprint density at radius 2 is 1.96 bits per heavy atom. The molecule has 0 amide bonds. The number of fused-ring (bicyclic) bond motifs is 1. The number of aromatic nitrogens is 2. The van der Waals surface area contributed by atoms with Crippen molar-refractivity contribution in [3.05, 3.63) is 48.0 Å². The summed E-state index contributed by atoms with van der Waals surface area (Å²) in [5.74, 6) is 1.10. The number of hydrogen-bond acceptors (Lipinski definition) is 4. The zero-order valence-electron chi connectivity index (χ0n) is 13.4. The molecule has 0 bridgehead atoms. The molecule has 0 atom stereocenters. The van der Waals surface area contributed by atoms with Crippen molar-refractivity contribution in [2.45, 2.75) is 26.3 Å². The van der Waals surface area contributed by atoms with Crippen LogP contribution in [0.25, 0.3) is 10.9 Å². The van der Waals surface area contributed by atoms with Crippen LogP contribution in [0.1, 0.15) is 20.8 Å². The van der Waals surface area contributed by atoms with E-state index in [1.807, 2.05) is 62.5 Å². The van der Waals surface area contributed by atoms with Crippen LogP contribution in [-0.4, -0.2) is 21.5 Å². The number of anilines is 2. The number of nitrogens with two attached hydrogens (primary N) is 1. The zero-order chi connectivity index (χ0) is 16.4. The number of benzene rings is 1. The second-order valence-corrected chi connectivity index (χ2v) is 7.03. The number of pyridine rings is 1. The molecule has 5 nitrogen and oxygen atoms in total. The van der Waals surface area contributed by atoms with Crippen molar-refractivity contribution in [2.75, 3.05) is 4.90 Å². The summed E-state index contributed by atoms with van der Waals surface area (Å²) in [6.45, 7) is 6.02. The van der Waals surface area contributed by atoms with Gasteiger partial charge in [0.25, 0.3) is 0 Å². The van der Waals surface area contributed by atoms with Gasteiger partial charge in [0, 0.05) is 17.0 Å². The average Bonchev–Trinajstić information content (AvgIpc) is 2.99. The summed E-state index contributed by atoms with van der Waals surface area (Å²) in [4.78, 5) is 15.4. The molecule has 0 unspecified atom stereocenters. The van der Waals surface area contributed by atoms with Gasteiger partial charge < -0.3 is 5.73 Å². The molecule has 2 N–H and O–H groups in total. The molecule has 0 fully saturated rings. The van der Waals surface area contributed by atoms with E-state index < -0.39 is 0 Å². The van der Waals surface area contributed by atoms with Crippen LogP contribution in [-0.2, 0) is 0 Å². The molecule has 2 aromatic heterocycles. The van der Waals surface area contributed by atoms with Crippen LogP contribution in [0, 0.1) is 0 Å². The van der Waals surface area contributed by atoms with Gasteiger partial charge in [-0.15, -0.1) is 11.3 Å². The molecule has 0 saturated carbocycles. The van der Waals surface area contributed by atoms with Crippen molar-refractivity contribution < 1.29 is 0 Å². The first-order chi connectivity index (χ1) is 10.9. The Balaban J connectivity index is 2.12. The maximum atomic E-state index is 6.27. The Hall–Kier alpha value is -2.47. The van der Waals surface area contributed by atoms with Gasteiger partial charge >= 0.3 is 0 Å². The maximum absolute atomic E-state index is 6.27. The molecule has 0 aliphatic heterocycles. The highest BCUT2D eigenvalue weighted by molar-refractivity contribution is 7.13. The van der Waals surface area contributed by atoms with Gasteiger partial charge in [-0.1, -0.05) is 18.2 Å². The fourth-order valence-electron chi connectivity index (χ4n) is 2.21. The molecule has 2 heterocycles. The SMILES string of the molecule is CC(C)(C)N=C(N)N(c1ccc2ccccc2n1)c1nccs1. The van der Waals surface area contributed by atoms with Crippen LogP contribution >= 0.6 is 11.3 Å². The molecular formula is C17H19N5S. The third-order valence-corrected chi connectivity index (χ3v) is 3.86. The van der Waals surface area contributed by atoms with Crippen LogP contribution < -0.4 is 10.6 Å². The standard InChI is InChI=1S/C17H19N5S/c1-17(2,3)21-15(18)22(16-19-10-11-23-16)14-9-8-12-6-4-5-7-13(12)20-14/h4-11H,1-3H3,(H2,18,21). The first-order valence-electron chi connectivity index (χ1n) is 7.35. The molecule has 0 aliphatic rings. The molecule has 23 heavy (non-hydrogen) atoms. The molecule has 3 rings (SSSR count). The Bertz CT molecular complexity index is 834. The summed E-state index contributed by atoms with van der Waals surface area (Å²) in [6.07, 6.45) is 1.75. The average molecular weight is 325 g/mol. The number of guanidine groups is 1. The Morgan fingerprint density at radius 1 is 1.17 bits per heavy atom. The van der Waals surface area contributed by atoms with Gasteiger partial charge in [-0.2, -0.15) is 0 Å². The molecule has 118 valence electrons. The second kappa shape index (κ2) is 5.96. The highest BCUT2D eigenvalue weighted by Crippen LogP contribution is 2.27. The monoisotopic (exact) mass is 325 g/mol. The van der Waals surface area contributed by atoms with Gasteiger partial charge in [-0.25, -0.2) is 19.9 Å². The van der Waals surface area contributed by atoms with Gasteiger partial charge in [-0.05, 0) is 39.0 Å². The van der Waals surface area contributed by atoms with Gasteiger partial charge in [0.2, 0.25) is 5.96 Å². The largest absolute Gasteiger partial charge is 0.369 e. The van der Waals surface area contributed by atoms with E-state index in [0.29, 0.717) is 11.8 Å². The summed E-state index contributed by atoms with van der Waals surface area (Å²) in [6, 6.07) is 12.0. The van der Waals surface area contributed by atoms with Crippen molar-refractivity contribution in [3.63, 3.8) is 0 Å². The lowest BCUT2D eigenvalue weighted by Gasteiger charge is -2.23. The lowest BCUT2D eigenvalue weighted by atomic mass is 10.1. The quantitative estimate of drug-likeness (QED) is 0.572. The molecule has 0 aliphatic carbocycles. The molecule has 3 aromatic rings. The van der Waals surface area contributed by atoms with Crippen LogP contribution in [0.15, 0.2) is 53.0 Å². The first-order valence-corrected chi connectivity index (χ1v) is 8.23. The number of hydrogen-bond donors (Lipinski definition) is 1. The van der Waals surface area contributed by atoms with E-state index in [-0.39, 0.29) is 5.54 Å². The van der Waals surface area contributed by atoms with Crippen molar-refractivity contribution in [3.8, 4) is 0 Å². The van der Waals surface area contributed by atoms with Crippen molar-refractivity contribution in [1.29, 1.82) is 0 Å². The Kier molecular flexibility index (Phi) is 4.00. The summed E-state index contributed by atoms with van der Waals surface area (Å²) in [5, 5.41) is 3.74. The molecule has 0 radical (unpaired) electrons. The van der Waals surface area contributed by atoms with Crippen molar-refractivity contribution in [2.24, 2.45) is 10.7 Å². The van der Waals surface area contributed by atoms with Gasteiger partial charge in [0.1, 0.15) is 5.82 Å². The highest BCUT2D eigenvalue weighted by Gasteiger charge is 2.20. The fourth-order valence-corrected chi connectivity index (χ4v) is 2.87. The van der Waals surface area contributed by atoms with E-state index in [4.69, 9.17) is 10.7 Å². The number of rotatable bonds is 2. The normalized spacial score (nSPS) is 12.6. The molecule has 6 heteroatoms.